The number of hydrogen-bond donors (Lipinski definition) is 2. The van der Waals surface area contributed by atoms with Gasteiger partial charge in [0.15, 0.2) is 5.78 Å². The Morgan fingerprint density at radius 2 is 1.83 bits per heavy atom. The van der Waals surface area contributed by atoms with Crippen LogP contribution in [0, 0.1) is 6.92 Å². The molecule has 0 bridgehead atoms. The van der Waals surface area contributed by atoms with Crippen LogP contribution in [0.25, 0.3) is 0 Å². The first kappa shape index (κ1) is 17.5. The predicted octanol–water partition coefficient (Wildman–Crippen LogP) is 2.80. The SMILES string of the molecule is CC(=O)c1ccc(NCC(=O)NCCOc2cccc(C)c2)cc1. The van der Waals surface area contributed by atoms with Crippen LogP contribution in [0.15, 0.2) is 48.5 Å². The highest BCUT2D eigenvalue weighted by Crippen LogP contribution is 2.12. The van der Waals surface area contributed by atoms with Gasteiger partial charge in [-0.1, -0.05) is 12.1 Å². The van der Waals surface area contributed by atoms with Crippen molar-refractivity contribution in [3.63, 3.8) is 0 Å². The van der Waals surface area contributed by atoms with Crippen molar-refractivity contribution in [2.75, 3.05) is 25.0 Å². The molecule has 0 atom stereocenters. The smallest absolute Gasteiger partial charge is 0.239 e. The number of anilines is 1. The summed E-state index contributed by atoms with van der Waals surface area (Å²) in [6.45, 7) is 4.56. The highest BCUT2D eigenvalue weighted by molar-refractivity contribution is 5.94. The Labute approximate surface area is 142 Å². The number of ketones is 1. The molecule has 0 spiro atoms. The number of nitrogens with one attached hydrogen (secondary N) is 2. The molecule has 0 aromatic heterocycles. The van der Waals surface area contributed by atoms with Crippen LogP contribution >= 0.6 is 0 Å². The van der Waals surface area contributed by atoms with E-state index in [4.69, 9.17) is 4.74 Å². The molecular formula is C19H22N2O3. The van der Waals surface area contributed by atoms with Gasteiger partial charge in [0, 0.05) is 11.3 Å². The fourth-order valence-corrected chi connectivity index (χ4v) is 2.13. The maximum atomic E-state index is 11.8. The van der Waals surface area contributed by atoms with E-state index in [-0.39, 0.29) is 18.2 Å². The van der Waals surface area contributed by atoms with Gasteiger partial charge in [-0.2, -0.15) is 0 Å². The number of hydrogen-bond acceptors (Lipinski definition) is 4. The van der Waals surface area contributed by atoms with E-state index in [1.165, 1.54) is 6.92 Å². The molecule has 0 saturated heterocycles. The average Bonchev–Trinajstić information content (AvgIpc) is 2.57. The molecule has 0 aliphatic rings. The second kappa shape index (κ2) is 8.72. The van der Waals surface area contributed by atoms with Gasteiger partial charge in [0.05, 0.1) is 13.1 Å². The van der Waals surface area contributed by atoms with Gasteiger partial charge in [-0.15, -0.1) is 0 Å². The number of carbonyl (C=O) groups is 2. The Kier molecular flexibility index (Phi) is 6.37. The lowest BCUT2D eigenvalue weighted by Crippen LogP contribution is -2.33. The van der Waals surface area contributed by atoms with Gasteiger partial charge in [0.1, 0.15) is 12.4 Å². The fraction of sp³-hybridized carbons (Fsp3) is 0.263. The molecule has 0 aliphatic carbocycles. The van der Waals surface area contributed by atoms with Crippen molar-refractivity contribution in [3.8, 4) is 5.75 Å². The second-order valence-corrected chi connectivity index (χ2v) is 5.50. The van der Waals surface area contributed by atoms with Gasteiger partial charge in [-0.3, -0.25) is 9.59 Å². The normalized spacial score (nSPS) is 10.1. The third-order valence-electron chi connectivity index (χ3n) is 3.43. The van der Waals surface area contributed by atoms with Crippen molar-refractivity contribution < 1.29 is 14.3 Å². The topological polar surface area (TPSA) is 67.4 Å². The molecule has 5 heteroatoms. The number of Topliss-reactive ketones (excluding diaryl/α,β-unsaturated/α-hetero) is 1. The largest absolute Gasteiger partial charge is 0.492 e. The first-order chi connectivity index (χ1) is 11.5. The van der Waals surface area contributed by atoms with Crippen LogP contribution in [-0.2, 0) is 4.79 Å². The average molecular weight is 326 g/mol. The Bertz CT molecular complexity index is 696. The Balaban J connectivity index is 1.65. The van der Waals surface area contributed by atoms with E-state index >= 15 is 0 Å². The summed E-state index contributed by atoms with van der Waals surface area (Å²) in [7, 11) is 0. The summed E-state index contributed by atoms with van der Waals surface area (Å²) in [6, 6.07) is 14.8. The van der Waals surface area contributed by atoms with Gasteiger partial charge in [-0.05, 0) is 55.8 Å². The number of rotatable bonds is 8. The molecule has 2 aromatic carbocycles. The highest BCUT2D eigenvalue weighted by atomic mass is 16.5. The van der Waals surface area contributed by atoms with E-state index in [0.717, 1.165) is 17.0 Å². The maximum Gasteiger partial charge on any atom is 0.239 e. The third kappa shape index (κ3) is 5.76. The van der Waals surface area contributed by atoms with Crippen LogP contribution in [0.4, 0.5) is 5.69 Å². The molecule has 0 saturated carbocycles. The second-order valence-electron chi connectivity index (χ2n) is 5.50. The van der Waals surface area contributed by atoms with Crippen molar-refractivity contribution in [3.05, 3.63) is 59.7 Å². The summed E-state index contributed by atoms with van der Waals surface area (Å²) in [5, 5.41) is 5.80. The highest BCUT2D eigenvalue weighted by Gasteiger charge is 2.02. The zero-order valence-electron chi connectivity index (χ0n) is 14.0. The molecule has 2 aromatic rings. The van der Waals surface area contributed by atoms with Crippen molar-refractivity contribution in [2.45, 2.75) is 13.8 Å². The Hall–Kier alpha value is -2.82. The lowest BCUT2D eigenvalue weighted by atomic mass is 10.1. The zero-order valence-corrected chi connectivity index (χ0v) is 14.0. The summed E-state index contributed by atoms with van der Waals surface area (Å²) in [5.41, 5.74) is 2.58. The van der Waals surface area contributed by atoms with E-state index in [1.807, 2.05) is 31.2 Å². The van der Waals surface area contributed by atoms with E-state index < -0.39 is 0 Å². The molecule has 0 fully saturated rings. The minimum absolute atomic E-state index is 0.0212. The molecule has 126 valence electrons. The minimum atomic E-state index is -0.113. The molecule has 1 amide bonds. The van der Waals surface area contributed by atoms with Gasteiger partial charge < -0.3 is 15.4 Å². The quantitative estimate of drug-likeness (QED) is 0.578. The molecular weight excluding hydrogens is 304 g/mol. The molecule has 2 N–H and O–H groups in total. The summed E-state index contributed by atoms with van der Waals surface area (Å²) in [5.74, 6) is 0.708. The van der Waals surface area contributed by atoms with Crippen molar-refractivity contribution in [2.24, 2.45) is 0 Å². The van der Waals surface area contributed by atoms with Gasteiger partial charge in [0.2, 0.25) is 5.91 Å². The van der Waals surface area contributed by atoms with E-state index in [0.29, 0.717) is 18.7 Å². The summed E-state index contributed by atoms with van der Waals surface area (Å²) >= 11 is 0. The third-order valence-corrected chi connectivity index (χ3v) is 3.43. The van der Waals surface area contributed by atoms with Crippen molar-refractivity contribution >= 4 is 17.4 Å². The molecule has 0 radical (unpaired) electrons. The summed E-state index contributed by atoms with van der Waals surface area (Å²) < 4.78 is 5.57. The number of benzene rings is 2. The van der Waals surface area contributed by atoms with Crippen LogP contribution in [-0.4, -0.2) is 31.4 Å². The summed E-state index contributed by atoms with van der Waals surface area (Å²) in [6.07, 6.45) is 0. The standard InChI is InChI=1S/C19H22N2O3/c1-14-4-3-5-18(12-14)24-11-10-20-19(23)13-21-17-8-6-16(7-9-17)15(2)22/h3-9,12,21H,10-11,13H2,1-2H3,(H,20,23). The van der Waals surface area contributed by atoms with Crippen LogP contribution in [0.3, 0.4) is 0 Å². The Morgan fingerprint density at radius 1 is 1.08 bits per heavy atom. The first-order valence-electron chi connectivity index (χ1n) is 7.85. The molecule has 0 aliphatic heterocycles. The molecule has 5 nitrogen and oxygen atoms in total. The van der Waals surface area contributed by atoms with Crippen molar-refractivity contribution in [1.82, 2.24) is 5.32 Å². The minimum Gasteiger partial charge on any atom is -0.492 e. The number of carbonyl (C=O) groups excluding carboxylic acids is 2. The maximum absolute atomic E-state index is 11.8. The van der Waals surface area contributed by atoms with Crippen LogP contribution in [0.5, 0.6) is 5.75 Å². The van der Waals surface area contributed by atoms with Crippen LogP contribution < -0.4 is 15.4 Å². The van der Waals surface area contributed by atoms with Gasteiger partial charge in [-0.25, -0.2) is 0 Å². The molecule has 2 rings (SSSR count). The number of ether oxygens (including phenoxy) is 1. The van der Waals surface area contributed by atoms with E-state index in [1.54, 1.807) is 24.3 Å². The lowest BCUT2D eigenvalue weighted by Gasteiger charge is -2.09. The number of amides is 1. The van der Waals surface area contributed by atoms with Gasteiger partial charge in [0.25, 0.3) is 0 Å². The van der Waals surface area contributed by atoms with E-state index in [2.05, 4.69) is 10.6 Å². The summed E-state index contributed by atoms with van der Waals surface area (Å²) in [4.78, 5) is 23.0. The van der Waals surface area contributed by atoms with Crippen LogP contribution in [0.2, 0.25) is 0 Å². The monoisotopic (exact) mass is 326 g/mol. The van der Waals surface area contributed by atoms with E-state index in [9.17, 15) is 9.59 Å². The number of aryl methyl sites for hydroxylation is 1. The molecule has 0 heterocycles. The van der Waals surface area contributed by atoms with Gasteiger partial charge >= 0.3 is 0 Å². The predicted molar refractivity (Wildman–Crippen MR) is 94.6 cm³/mol. The Morgan fingerprint density at radius 3 is 2.50 bits per heavy atom. The fourth-order valence-electron chi connectivity index (χ4n) is 2.13. The zero-order chi connectivity index (χ0) is 17.4. The molecule has 0 unspecified atom stereocenters. The molecule has 24 heavy (non-hydrogen) atoms. The first-order valence-corrected chi connectivity index (χ1v) is 7.85. The van der Waals surface area contributed by atoms with Crippen molar-refractivity contribution in [1.29, 1.82) is 0 Å². The van der Waals surface area contributed by atoms with Crippen LogP contribution in [0.1, 0.15) is 22.8 Å². The lowest BCUT2D eigenvalue weighted by molar-refractivity contribution is -0.119.